The van der Waals surface area contributed by atoms with E-state index in [1.54, 1.807) is 24.3 Å². The number of ether oxygens (including phenoxy) is 2. The van der Waals surface area contributed by atoms with Gasteiger partial charge in [0.1, 0.15) is 0 Å². The minimum Gasteiger partial charge on any atom is -0.490 e. The molecular formula is C28H25N3O4. The van der Waals surface area contributed by atoms with Crippen LogP contribution in [0.5, 0.6) is 11.5 Å². The topological polar surface area (TPSA) is 89.0 Å². The fourth-order valence-electron chi connectivity index (χ4n) is 3.47. The summed E-state index contributed by atoms with van der Waals surface area (Å²) < 4.78 is 11.4. The van der Waals surface area contributed by atoms with Crippen molar-refractivity contribution >= 4 is 34.6 Å². The van der Waals surface area contributed by atoms with Gasteiger partial charge in [-0.2, -0.15) is 5.10 Å². The Morgan fingerprint density at radius 1 is 0.886 bits per heavy atom. The molecule has 0 aromatic heterocycles. The van der Waals surface area contributed by atoms with Gasteiger partial charge in [-0.25, -0.2) is 10.2 Å². The van der Waals surface area contributed by atoms with Gasteiger partial charge < -0.3 is 14.8 Å². The highest BCUT2D eigenvalue weighted by Crippen LogP contribution is 2.30. The van der Waals surface area contributed by atoms with Gasteiger partial charge in [-0.1, -0.05) is 54.6 Å². The van der Waals surface area contributed by atoms with Crippen LogP contribution < -0.4 is 20.2 Å². The smallest absolute Gasteiger partial charge is 0.344 e. The molecule has 0 aliphatic heterocycles. The minimum absolute atomic E-state index is 0.0919. The van der Waals surface area contributed by atoms with Crippen LogP contribution in [0, 0.1) is 0 Å². The van der Waals surface area contributed by atoms with Crippen LogP contribution in [0.1, 0.15) is 22.8 Å². The van der Waals surface area contributed by atoms with Crippen LogP contribution in [-0.2, 0) is 4.79 Å². The minimum atomic E-state index is -0.470. The number of anilines is 1. The van der Waals surface area contributed by atoms with Crippen LogP contribution in [0.3, 0.4) is 0 Å². The zero-order valence-electron chi connectivity index (χ0n) is 19.2. The van der Waals surface area contributed by atoms with Gasteiger partial charge in [0.25, 0.3) is 5.91 Å². The van der Waals surface area contributed by atoms with E-state index in [-0.39, 0.29) is 12.5 Å². The maximum Gasteiger partial charge on any atom is 0.344 e. The summed E-state index contributed by atoms with van der Waals surface area (Å²) in [7, 11) is 0. The first kappa shape index (κ1) is 23.5. The maximum atomic E-state index is 12.9. The van der Waals surface area contributed by atoms with Gasteiger partial charge in [0.2, 0.25) is 0 Å². The average molecular weight is 468 g/mol. The standard InChI is InChI=1S/C28H25N3O4/c1-2-34-26-17-20(18-30-31-27(32)19-29-22-11-4-3-5-12-22)15-16-25(26)35-28(33)24-14-8-10-21-9-6-7-13-23(21)24/h3-18,29H,2,19H2,1H3,(H,31,32)/b30-18+. The summed E-state index contributed by atoms with van der Waals surface area (Å²) in [6.45, 7) is 2.33. The number of nitrogens with one attached hydrogen (secondary N) is 2. The third kappa shape index (κ3) is 6.23. The van der Waals surface area contributed by atoms with Crippen LogP contribution in [0.15, 0.2) is 96.1 Å². The lowest BCUT2D eigenvalue weighted by atomic mass is 10.0. The number of amides is 1. The first-order chi connectivity index (χ1) is 17.1. The number of nitrogens with zero attached hydrogens (tertiary/aromatic N) is 1. The lowest BCUT2D eigenvalue weighted by Crippen LogP contribution is -2.25. The monoisotopic (exact) mass is 467 g/mol. The van der Waals surface area contributed by atoms with Crippen LogP contribution >= 0.6 is 0 Å². The van der Waals surface area contributed by atoms with Gasteiger partial charge in [-0.3, -0.25) is 4.79 Å². The molecule has 0 saturated carbocycles. The van der Waals surface area contributed by atoms with Crippen LogP contribution in [0.4, 0.5) is 5.69 Å². The molecule has 7 nitrogen and oxygen atoms in total. The van der Waals surface area contributed by atoms with E-state index >= 15 is 0 Å². The van der Waals surface area contributed by atoms with E-state index in [0.717, 1.165) is 16.5 Å². The van der Waals surface area contributed by atoms with Gasteiger partial charge in [0.05, 0.1) is 24.9 Å². The Labute approximate surface area is 203 Å². The van der Waals surface area contributed by atoms with E-state index in [9.17, 15) is 9.59 Å². The Morgan fingerprint density at radius 2 is 1.66 bits per heavy atom. The molecule has 0 aliphatic rings. The van der Waals surface area contributed by atoms with E-state index in [0.29, 0.717) is 29.2 Å². The highest BCUT2D eigenvalue weighted by atomic mass is 16.6. The molecule has 0 fully saturated rings. The first-order valence-electron chi connectivity index (χ1n) is 11.2. The molecule has 1 amide bonds. The average Bonchev–Trinajstić information content (AvgIpc) is 2.89. The molecule has 4 aromatic carbocycles. The lowest BCUT2D eigenvalue weighted by molar-refractivity contribution is -0.119. The molecule has 0 bridgehead atoms. The highest BCUT2D eigenvalue weighted by molar-refractivity contribution is 6.05. The zero-order valence-corrected chi connectivity index (χ0v) is 19.2. The predicted molar refractivity (Wildman–Crippen MR) is 137 cm³/mol. The van der Waals surface area contributed by atoms with Gasteiger partial charge in [0, 0.05) is 5.69 Å². The molecule has 2 N–H and O–H groups in total. The van der Waals surface area contributed by atoms with Crippen molar-refractivity contribution in [2.75, 3.05) is 18.5 Å². The van der Waals surface area contributed by atoms with Crippen molar-refractivity contribution in [1.82, 2.24) is 5.43 Å². The van der Waals surface area contributed by atoms with E-state index in [2.05, 4.69) is 15.8 Å². The Kier molecular flexibility index (Phi) is 7.70. The Bertz CT molecular complexity index is 1350. The van der Waals surface area contributed by atoms with Gasteiger partial charge in [0.15, 0.2) is 11.5 Å². The Balaban J connectivity index is 1.41. The number of esters is 1. The summed E-state index contributed by atoms with van der Waals surface area (Å²) in [5.41, 5.74) is 4.48. The second-order valence-corrected chi connectivity index (χ2v) is 7.57. The van der Waals surface area contributed by atoms with Crippen LogP contribution in [0.2, 0.25) is 0 Å². The number of rotatable bonds is 9. The largest absolute Gasteiger partial charge is 0.490 e. The fourth-order valence-corrected chi connectivity index (χ4v) is 3.47. The number of carbonyl (C=O) groups excluding carboxylic acids is 2. The van der Waals surface area contributed by atoms with Crippen LogP contribution in [-0.4, -0.2) is 31.2 Å². The molecule has 0 spiro atoms. The third-order valence-corrected chi connectivity index (χ3v) is 5.11. The van der Waals surface area contributed by atoms with E-state index < -0.39 is 5.97 Å². The molecule has 7 heteroatoms. The number of hydrazone groups is 1. The molecule has 35 heavy (non-hydrogen) atoms. The Hall–Kier alpha value is -4.65. The molecule has 0 atom stereocenters. The quantitative estimate of drug-likeness (QED) is 0.156. The van der Waals surface area contributed by atoms with Crippen molar-refractivity contribution in [3.05, 3.63) is 102 Å². The summed E-state index contributed by atoms with van der Waals surface area (Å²) in [5, 5.41) is 8.79. The summed E-state index contributed by atoms with van der Waals surface area (Å²) in [6, 6.07) is 27.7. The zero-order chi connectivity index (χ0) is 24.5. The van der Waals surface area contributed by atoms with Crippen molar-refractivity contribution in [2.45, 2.75) is 6.92 Å². The number of hydrogen-bond acceptors (Lipinski definition) is 6. The first-order valence-corrected chi connectivity index (χ1v) is 11.2. The highest BCUT2D eigenvalue weighted by Gasteiger charge is 2.15. The second-order valence-electron chi connectivity index (χ2n) is 7.57. The number of fused-ring (bicyclic) bond motifs is 1. The number of hydrogen-bond donors (Lipinski definition) is 2. The normalized spacial score (nSPS) is 10.8. The number of benzene rings is 4. The summed E-state index contributed by atoms with van der Waals surface area (Å²) in [6.07, 6.45) is 1.50. The number of para-hydroxylation sites is 1. The predicted octanol–water partition coefficient (Wildman–Crippen LogP) is 5.02. The molecule has 176 valence electrons. The van der Waals surface area contributed by atoms with Crippen LogP contribution in [0.25, 0.3) is 10.8 Å². The van der Waals surface area contributed by atoms with Crippen molar-refractivity contribution in [1.29, 1.82) is 0 Å². The molecule has 0 unspecified atom stereocenters. The molecule has 0 saturated heterocycles. The molecular weight excluding hydrogens is 442 g/mol. The van der Waals surface area contributed by atoms with E-state index in [1.165, 1.54) is 6.21 Å². The number of carbonyl (C=O) groups is 2. The lowest BCUT2D eigenvalue weighted by Gasteiger charge is -2.12. The van der Waals surface area contributed by atoms with Gasteiger partial charge in [-0.05, 0) is 59.7 Å². The third-order valence-electron chi connectivity index (χ3n) is 5.11. The van der Waals surface area contributed by atoms with Crippen molar-refractivity contribution in [3.8, 4) is 11.5 Å². The summed E-state index contributed by atoms with van der Waals surface area (Å²) in [5.74, 6) is -0.0433. The van der Waals surface area contributed by atoms with E-state index in [4.69, 9.17) is 9.47 Å². The molecule has 0 heterocycles. The molecule has 0 radical (unpaired) electrons. The summed E-state index contributed by atoms with van der Waals surface area (Å²) >= 11 is 0. The summed E-state index contributed by atoms with van der Waals surface area (Å²) in [4.78, 5) is 24.9. The van der Waals surface area contributed by atoms with Crippen molar-refractivity contribution in [2.24, 2.45) is 5.10 Å². The Morgan fingerprint density at radius 3 is 2.49 bits per heavy atom. The molecule has 0 aliphatic carbocycles. The molecule has 4 aromatic rings. The fraction of sp³-hybridized carbons (Fsp3) is 0.107. The van der Waals surface area contributed by atoms with E-state index in [1.807, 2.05) is 73.7 Å². The second kappa shape index (κ2) is 11.5. The van der Waals surface area contributed by atoms with Gasteiger partial charge >= 0.3 is 5.97 Å². The van der Waals surface area contributed by atoms with Gasteiger partial charge in [-0.15, -0.1) is 0 Å². The maximum absolute atomic E-state index is 12.9. The molecule has 4 rings (SSSR count). The van der Waals surface area contributed by atoms with Crippen molar-refractivity contribution in [3.63, 3.8) is 0 Å². The van der Waals surface area contributed by atoms with Crippen molar-refractivity contribution < 1.29 is 19.1 Å². The SMILES string of the molecule is CCOc1cc(/C=N/NC(=O)CNc2ccccc2)ccc1OC(=O)c1cccc2ccccc12.